The Balaban J connectivity index is 1.87. The van der Waals surface area contributed by atoms with Crippen molar-refractivity contribution in [2.75, 3.05) is 6.54 Å². The molecule has 0 bridgehead atoms. The first kappa shape index (κ1) is 13.6. The second-order valence-electron chi connectivity index (χ2n) is 4.45. The van der Waals surface area contributed by atoms with Gasteiger partial charge in [-0.15, -0.1) is 0 Å². The second-order valence-corrected chi connectivity index (χ2v) is 4.45. The van der Waals surface area contributed by atoms with Gasteiger partial charge in [0.2, 0.25) is 0 Å². The summed E-state index contributed by atoms with van der Waals surface area (Å²) in [6.45, 7) is 1.16. The molecule has 0 aromatic heterocycles. The lowest BCUT2D eigenvalue weighted by atomic mass is 10.1. The van der Waals surface area contributed by atoms with Crippen LogP contribution in [0.4, 0.5) is 4.39 Å². The molecule has 0 fully saturated rings. The molecular weight excluding hydrogens is 241 g/mol. The summed E-state index contributed by atoms with van der Waals surface area (Å²) in [4.78, 5) is 0. The topological polar surface area (TPSA) is 35.2 Å². The van der Waals surface area contributed by atoms with Crippen molar-refractivity contribution in [3.05, 3.63) is 65.5 Å². The SMILES string of the molecule is NCCCc1ccc(OCc2ccc(F)cc2)cc1. The maximum Gasteiger partial charge on any atom is 0.123 e. The molecule has 0 aliphatic rings. The fraction of sp³-hybridized carbons (Fsp3) is 0.250. The molecule has 19 heavy (non-hydrogen) atoms. The zero-order valence-electron chi connectivity index (χ0n) is 10.8. The molecule has 2 nitrogen and oxygen atoms in total. The molecule has 0 saturated carbocycles. The minimum absolute atomic E-state index is 0.229. The average molecular weight is 259 g/mol. The van der Waals surface area contributed by atoms with E-state index < -0.39 is 0 Å². The number of benzene rings is 2. The van der Waals surface area contributed by atoms with E-state index in [-0.39, 0.29) is 5.82 Å². The van der Waals surface area contributed by atoms with E-state index >= 15 is 0 Å². The van der Waals surface area contributed by atoms with Crippen molar-refractivity contribution >= 4 is 0 Å². The van der Waals surface area contributed by atoms with E-state index in [2.05, 4.69) is 12.1 Å². The van der Waals surface area contributed by atoms with Crippen molar-refractivity contribution in [1.29, 1.82) is 0 Å². The van der Waals surface area contributed by atoms with Crippen LogP contribution in [0.1, 0.15) is 17.5 Å². The predicted molar refractivity (Wildman–Crippen MR) is 74.5 cm³/mol. The Morgan fingerprint density at radius 1 is 0.895 bits per heavy atom. The Bertz CT molecular complexity index is 493. The fourth-order valence-corrected chi connectivity index (χ4v) is 1.81. The molecule has 0 saturated heterocycles. The standard InChI is InChI=1S/C16H18FNO/c17-15-7-3-14(4-8-15)12-19-16-9-5-13(6-10-16)2-1-11-18/h3-10H,1-2,11-12,18H2. The van der Waals surface area contributed by atoms with Gasteiger partial charge < -0.3 is 10.5 Å². The van der Waals surface area contributed by atoms with Gasteiger partial charge in [-0.2, -0.15) is 0 Å². The van der Waals surface area contributed by atoms with E-state index in [0.29, 0.717) is 13.2 Å². The van der Waals surface area contributed by atoms with Gasteiger partial charge in [-0.1, -0.05) is 24.3 Å². The van der Waals surface area contributed by atoms with Crippen LogP contribution in [0.3, 0.4) is 0 Å². The van der Waals surface area contributed by atoms with Crippen molar-refractivity contribution in [1.82, 2.24) is 0 Å². The summed E-state index contributed by atoms with van der Waals surface area (Å²) < 4.78 is 18.4. The molecule has 0 aliphatic heterocycles. The lowest BCUT2D eigenvalue weighted by Crippen LogP contribution is -2.00. The van der Waals surface area contributed by atoms with Crippen LogP contribution >= 0.6 is 0 Å². The first-order valence-corrected chi connectivity index (χ1v) is 6.44. The number of hydrogen-bond donors (Lipinski definition) is 1. The first-order chi connectivity index (χ1) is 9.28. The zero-order valence-corrected chi connectivity index (χ0v) is 10.8. The monoisotopic (exact) mass is 259 g/mol. The maximum atomic E-state index is 12.7. The largest absolute Gasteiger partial charge is 0.489 e. The Morgan fingerprint density at radius 3 is 2.16 bits per heavy atom. The molecule has 0 atom stereocenters. The van der Waals surface area contributed by atoms with Gasteiger partial charge in [0.15, 0.2) is 0 Å². The summed E-state index contributed by atoms with van der Waals surface area (Å²) in [5, 5.41) is 0. The van der Waals surface area contributed by atoms with E-state index in [1.165, 1.54) is 17.7 Å². The number of ether oxygens (including phenoxy) is 1. The van der Waals surface area contributed by atoms with Crippen LogP contribution < -0.4 is 10.5 Å². The molecule has 0 unspecified atom stereocenters. The summed E-state index contributed by atoms with van der Waals surface area (Å²) in [6.07, 6.45) is 1.99. The Kier molecular flexibility index (Phi) is 4.93. The van der Waals surface area contributed by atoms with E-state index in [9.17, 15) is 4.39 Å². The third kappa shape index (κ3) is 4.38. The van der Waals surface area contributed by atoms with Gasteiger partial charge in [0, 0.05) is 0 Å². The summed E-state index contributed by atoms with van der Waals surface area (Å²) in [6, 6.07) is 14.3. The van der Waals surface area contributed by atoms with Crippen LogP contribution in [0.15, 0.2) is 48.5 Å². The molecule has 2 aromatic rings. The predicted octanol–water partition coefficient (Wildman–Crippen LogP) is 3.30. The molecule has 100 valence electrons. The van der Waals surface area contributed by atoms with Gasteiger partial charge in [0.25, 0.3) is 0 Å². The molecule has 0 amide bonds. The number of hydrogen-bond acceptors (Lipinski definition) is 2. The van der Waals surface area contributed by atoms with Gasteiger partial charge in [-0.3, -0.25) is 0 Å². The van der Waals surface area contributed by atoms with Crippen molar-refractivity contribution in [2.45, 2.75) is 19.4 Å². The molecule has 3 heteroatoms. The smallest absolute Gasteiger partial charge is 0.123 e. The highest BCUT2D eigenvalue weighted by molar-refractivity contribution is 5.28. The van der Waals surface area contributed by atoms with Crippen LogP contribution in [-0.4, -0.2) is 6.54 Å². The maximum absolute atomic E-state index is 12.7. The average Bonchev–Trinajstić information content (AvgIpc) is 2.46. The van der Waals surface area contributed by atoms with Crippen molar-refractivity contribution in [3.8, 4) is 5.75 Å². The zero-order chi connectivity index (χ0) is 13.5. The van der Waals surface area contributed by atoms with Crippen molar-refractivity contribution < 1.29 is 9.13 Å². The van der Waals surface area contributed by atoms with Crippen LogP contribution in [-0.2, 0) is 13.0 Å². The minimum atomic E-state index is -0.229. The number of aryl methyl sites for hydroxylation is 1. The Hall–Kier alpha value is -1.87. The lowest BCUT2D eigenvalue weighted by molar-refractivity contribution is 0.306. The van der Waals surface area contributed by atoms with E-state index in [4.69, 9.17) is 10.5 Å². The minimum Gasteiger partial charge on any atom is -0.489 e. The summed E-state index contributed by atoms with van der Waals surface area (Å²) >= 11 is 0. The number of halogens is 1. The highest BCUT2D eigenvalue weighted by Crippen LogP contribution is 2.15. The van der Waals surface area contributed by atoms with Gasteiger partial charge >= 0.3 is 0 Å². The molecule has 2 aromatic carbocycles. The second kappa shape index (κ2) is 6.90. The Morgan fingerprint density at radius 2 is 1.53 bits per heavy atom. The first-order valence-electron chi connectivity index (χ1n) is 6.44. The quantitative estimate of drug-likeness (QED) is 0.864. The third-order valence-corrected chi connectivity index (χ3v) is 2.91. The van der Waals surface area contributed by atoms with Gasteiger partial charge in [-0.25, -0.2) is 4.39 Å². The van der Waals surface area contributed by atoms with Crippen LogP contribution in [0.25, 0.3) is 0 Å². The highest BCUT2D eigenvalue weighted by atomic mass is 19.1. The highest BCUT2D eigenvalue weighted by Gasteiger charge is 1.98. The molecule has 2 rings (SSSR count). The van der Waals surface area contributed by atoms with Crippen LogP contribution in [0.5, 0.6) is 5.75 Å². The van der Waals surface area contributed by atoms with E-state index in [1.807, 2.05) is 12.1 Å². The summed E-state index contributed by atoms with van der Waals surface area (Å²) in [5.74, 6) is 0.592. The van der Waals surface area contributed by atoms with Gasteiger partial charge in [0.1, 0.15) is 18.2 Å². The fourth-order valence-electron chi connectivity index (χ4n) is 1.81. The molecule has 0 radical (unpaired) electrons. The van der Waals surface area contributed by atoms with Crippen molar-refractivity contribution in [3.63, 3.8) is 0 Å². The lowest BCUT2D eigenvalue weighted by Gasteiger charge is -2.07. The summed E-state index contributed by atoms with van der Waals surface area (Å²) in [7, 11) is 0. The molecule has 0 heterocycles. The van der Waals surface area contributed by atoms with E-state index in [0.717, 1.165) is 24.2 Å². The van der Waals surface area contributed by atoms with Gasteiger partial charge in [-0.05, 0) is 54.8 Å². The van der Waals surface area contributed by atoms with Crippen molar-refractivity contribution in [2.24, 2.45) is 5.73 Å². The number of nitrogens with two attached hydrogens (primary N) is 1. The van der Waals surface area contributed by atoms with Gasteiger partial charge in [0.05, 0.1) is 0 Å². The molecular formula is C16H18FNO. The molecule has 0 aliphatic carbocycles. The molecule has 0 spiro atoms. The Labute approximate surface area is 113 Å². The van der Waals surface area contributed by atoms with E-state index in [1.54, 1.807) is 12.1 Å². The van der Waals surface area contributed by atoms with Crippen LogP contribution in [0, 0.1) is 5.82 Å². The number of rotatable bonds is 6. The molecule has 2 N–H and O–H groups in total. The third-order valence-electron chi connectivity index (χ3n) is 2.91. The normalized spacial score (nSPS) is 10.4. The van der Waals surface area contributed by atoms with Crippen LogP contribution in [0.2, 0.25) is 0 Å². The summed E-state index contributed by atoms with van der Waals surface area (Å²) in [5.41, 5.74) is 7.69.